The summed E-state index contributed by atoms with van der Waals surface area (Å²) in [5.41, 5.74) is 6.79. The molecule has 0 spiro atoms. The highest BCUT2D eigenvalue weighted by molar-refractivity contribution is 7.99. The van der Waals surface area contributed by atoms with Crippen molar-refractivity contribution in [1.82, 2.24) is 9.97 Å². The topological polar surface area (TPSA) is 101 Å². The molecule has 0 atom stereocenters. The Labute approximate surface area is 132 Å². The van der Waals surface area contributed by atoms with Crippen molar-refractivity contribution >= 4 is 29.2 Å². The second-order valence-corrected chi connectivity index (χ2v) is 6.68. The Morgan fingerprint density at radius 3 is 2.50 bits per heavy atom. The van der Waals surface area contributed by atoms with Crippen molar-refractivity contribution in [3.63, 3.8) is 0 Å². The molecule has 0 unspecified atom stereocenters. The molecule has 2 rings (SSSR count). The largest absolute Gasteiger partial charge is 0.382 e. The highest BCUT2D eigenvalue weighted by atomic mass is 32.2. The SMILES string of the molecule is Cc1ccc(C(=O)Nc2c(N)nc(SC(C)C)[nH]c2=O)cc1. The fourth-order valence-corrected chi connectivity index (χ4v) is 2.51. The van der Waals surface area contributed by atoms with Crippen LogP contribution in [0.25, 0.3) is 0 Å². The van der Waals surface area contributed by atoms with E-state index in [0.29, 0.717) is 10.7 Å². The van der Waals surface area contributed by atoms with Gasteiger partial charge in [0.05, 0.1) is 0 Å². The van der Waals surface area contributed by atoms with Crippen LogP contribution in [0.3, 0.4) is 0 Å². The second-order valence-electron chi connectivity index (χ2n) is 5.12. The van der Waals surface area contributed by atoms with Crippen molar-refractivity contribution in [3.8, 4) is 0 Å². The van der Waals surface area contributed by atoms with Crippen LogP contribution in [0.1, 0.15) is 29.8 Å². The normalized spacial score (nSPS) is 10.7. The molecule has 0 aliphatic heterocycles. The maximum Gasteiger partial charge on any atom is 0.277 e. The number of nitrogen functional groups attached to an aromatic ring is 1. The van der Waals surface area contributed by atoms with Crippen LogP contribution in [-0.2, 0) is 0 Å². The van der Waals surface area contributed by atoms with Crippen molar-refractivity contribution in [2.75, 3.05) is 11.1 Å². The maximum atomic E-state index is 12.1. The molecule has 0 bridgehead atoms. The molecule has 116 valence electrons. The van der Waals surface area contributed by atoms with E-state index in [0.717, 1.165) is 5.56 Å². The van der Waals surface area contributed by atoms with E-state index in [9.17, 15) is 9.59 Å². The zero-order chi connectivity index (χ0) is 16.3. The summed E-state index contributed by atoms with van der Waals surface area (Å²) < 4.78 is 0. The molecular formula is C15H18N4O2S. The lowest BCUT2D eigenvalue weighted by atomic mass is 10.1. The number of aryl methyl sites for hydroxylation is 1. The summed E-state index contributed by atoms with van der Waals surface area (Å²) in [6.45, 7) is 5.89. The molecule has 0 saturated carbocycles. The first-order chi connectivity index (χ1) is 10.4. The highest BCUT2D eigenvalue weighted by Gasteiger charge is 2.14. The molecule has 0 saturated heterocycles. The summed E-state index contributed by atoms with van der Waals surface area (Å²) in [7, 11) is 0. The summed E-state index contributed by atoms with van der Waals surface area (Å²) in [5.74, 6) is -0.393. The quantitative estimate of drug-likeness (QED) is 0.593. The van der Waals surface area contributed by atoms with Gasteiger partial charge in [0.25, 0.3) is 11.5 Å². The Morgan fingerprint density at radius 1 is 1.32 bits per heavy atom. The number of aromatic amines is 1. The standard InChI is InChI=1S/C15H18N4O2S/c1-8(2)22-15-18-12(16)11(14(21)19-15)17-13(20)10-6-4-9(3)5-7-10/h4-8H,1-3H3,(H,17,20)(H3,16,18,19,21). The Morgan fingerprint density at radius 2 is 1.95 bits per heavy atom. The molecule has 6 nitrogen and oxygen atoms in total. The van der Waals surface area contributed by atoms with Crippen molar-refractivity contribution in [2.24, 2.45) is 0 Å². The molecule has 0 fully saturated rings. The first kappa shape index (κ1) is 16.1. The van der Waals surface area contributed by atoms with E-state index in [4.69, 9.17) is 5.73 Å². The predicted molar refractivity (Wildman–Crippen MR) is 89.4 cm³/mol. The van der Waals surface area contributed by atoms with Crippen LogP contribution in [-0.4, -0.2) is 21.1 Å². The Kier molecular flexibility index (Phi) is 4.87. The zero-order valence-corrected chi connectivity index (χ0v) is 13.5. The lowest BCUT2D eigenvalue weighted by Crippen LogP contribution is -2.23. The average Bonchev–Trinajstić information content (AvgIpc) is 2.42. The van der Waals surface area contributed by atoms with Gasteiger partial charge in [0.15, 0.2) is 11.0 Å². The van der Waals surface area contributed by atoms with Crippen LogP contribution >= 0.6 is 11.8 Å². The minimum Gasteiger partial charge on any atom is -0.382 e. The first-order valence-electron chi connectivity index (χ1n) is 6.81. The number of anilines is 2. The van der Waals surface area contributed by atoms with Gasteiger partial charge in [-0.3, -0.25) is 14.6 Å². The number of nitrogens with zero attached hydrogens (tertiary/aromatic N) is 1. The number of carbonyl (C=O) groups is 1. The molecule has 0 radical (unpaired) electrons. The number of thioether (sulfide) groups is 1. The van der Waals surface area contributed by atoms with Gasteiger partial charge in [-0.1, -0.05) is 43.3 Å². The molecular weight excluding hydrogens is 300 g/mol. The van der Waals surface area contributed by atoms with Gasteiger partial charge in [-0.25, -0.2) is 4.98 Å². The van der Waals surface area contributed by atoms with Gasteiger partial charge in [-0.05, 0) is 19.1 Å². The average molecular weight is 318 g/mol. The summed E-state index contributed by atoms with van der Waals surface area (Å²) in [5, 5.41) is 3.21. The summed E-state index contributed by atoms with van der Waals surface area (Å²) in [6, 6.07) is 7.02. The van der Waals surface area contributed by atoms with Gasteiger partial charge in [0.1, 0.15) is 5.69 Å². The van der Waals surface area contributed by atoms with Crippen LogP contribution in [0.4, 0.5) is 11.5 Å². The number of hydrogen-bond acceptors (Lipinski definition) is 5. The Bertz CT molecular complexity index is 738. The Hall–Kier alpha value is -2.28. The summed E-state index contributed by atoms with van der Waals surface area (Å²) in [4.78, 5) is 30.9. The van der Waals surface area contributed by atoms with E-state index in [-0.39, 0.29) is 16.8 Å². The Balaban J connectivity index is 2.24. The maximum absolute atomic E-state index is 12.1. The highest BCUT2D eigenvalue weighted by Crippen LogP contribution is 2.20. The summed E-state index contributed by atoms with van der Waals surface area (Å²) >= 11 is 1.39. The molecule has 1 aromatic carbocycles. The number of carbonyl (C=O) groups excluding carboxylic acids is 1. The molecule has 4 N–H and O–H groups in total. The number of hydrogen-bond donors (Lipinski definition) is 3. The fourth-order valence-electron chi connectivity index (χ4n) is 1.76. The first-order valence-corrected chi connectivity index (χ1v) is 7.69. The molecule has 0 aliphatic carbocycles. The number of H-pyrrole nitrogens is 1. The summed E-state index contributed by atoms with van der Waals surface area (Å²) in [6.07, 6.45) is 0. The van der Waals surface area contributed by atoms with Crippen LogP contribution in [0.15, 0.2) is 34.2 Å². The third-order valence-electron chi connectivity index (χ3n) is 2.83. The third-order valence-corrected chi connectivity index (χ3v) is 3.71. The minimum atomic E-state index is -0.462. The van der Waals surface area contributed by atoms with E-state index in [1.165, 1.54) is 11.8 Å². The number of benzene rings is 1. The number of aromatic nitrogens is 2. The molecule has 0 aliphatic rings. The van der Waals surface area contributed by atoms with Crippen LogP contribution in [0.2, 0.25) is 0 Å². The lowest BCUT2D eigenvalue weighted by Gasteiger charge is -2.09. The van der Waals surface area contributed by atoms with E-state index in [2.05, 4.69) is 15.3 Å². The van der Waals surface area contributed by atoms with Crippen LogP contribution < -0.4 is 16.6 Å². The van der Waals surface area contributed by atoms with Crippen LogP contribution in [0.5, 0.6) is 0 Å². The van der Waals surface area contributed by atoms with Gasteiger partial charge in [0.2, 0.25) is 0 Å². The van der Waals surface area contributed by atoms with E-state index >= 15 is 0 Å². The van der Waals surface area contributed by atoms with Crippen molar-refractivity contribution in [1.29, 1.82) is 0 Å². The lowest BCUT2D eigenvalue weighted by molar-refractivity contribution is 0.102. The number of nitrogens with two attached hydrogens (primary N) is 1. The second kappa shape index (κ2) is 6.65. The van der Waals surface area contributed by atoms with Gasteiger partial charge < -0.3 is 11.1 Å². The molecule has 1 amide bonds. The molecule has 1 heterocycles. The van der Waals surface area contributed by atoms with E-state index in [1.54, 1.807) is 12.1 Å². The van der Waals surface area contributed by atoms with Crippen molar-refractivity contribution in [2.45, 2.75) is 31.2 Å². The fraction of sp³-hybridized carbons (Fsp3) is 0.267. The number of amides is 1. The third kappa shape index (κ3) is 3.88. The van der Waals surface area contributed by atoms with Gasteiger partial charge >= 0.3 is 0 Å². The van der Waals surface area contributed by atoms with Crippen molar-refractivity contribution in [3.05, 3.63) is 45.7 Å². The zero-order valence-electron chi connectivity index (χ0n) is 12.6. The number of rotatable bonds is 4. The van der Waals surface area contributed by atoms with Crippen molar-refractivity contribution < 1.29 is 4.79 Å². The molecule has 7 heteroatoms. The number of nitrogens with one attached hydrogen (secondary N) is 2. The van der Waals surface area contributed by atoms with E-state index < -0.39 is 11.5 Å². The van der Waals surface area contributed by atoms with Gasteiger partial charge in [-0.2, -0.15) is 0 Å². The predicted octanol–water partition coefficient (Wildman–Crippen LogP) is 2.41. The molecule has 1 aromatic heterocycles. The smallest absolute Gasteiger partial charge is 0.277 e. The minimum absolute atomic E-state index is 0.00682. The van der Waals surface area contributed by atoms with Gasteiger partial charge in [-0.15, -0.1) is 0 Å². The molecule has 2 aromatic rings. The van der Waals surface area contributed by atoms with E-state index in [1.807, 2.05) is 32.9 Å². The monoisotopic (exact) mass is 318 g/mol. The van der Waals surface area contributed by atoms with Crippen LogP contribution in [0, 0.1) is 6.92 Å². The molecule has 22 heavy (non-hydrogen) atoms. The van der Waals surface area contributed by atoms with Gasteiger partial charge in [0, 0.05) is 10.8 Å².